The minimum atomic E-state index is 0.161. The Morgan fingerprint density at radius 3 is 2.65 bits per heavy atom. The summed E-state index contributed by atoms with van der Waals surface area (Å²) in [4.78, 5) is 23.9. The summed E-state index contributed by atoms with van der Waals surface area (Å²) >= 11 is 1.56. The largest absolute Gasteiger partial charge is 0.343 e. The molecule has 0 aliphatic carbocycles. The standard InChI is InChI=1S/C15H19N3OS/c1-4-18(5-2)14(19)10-13-11(3)17-15(20-13)12-8-6-7-9-16-12/h6-9H,4-5,10H2,1-3H3. The van der Waals surface area contributed by atoms with E-state index in [1.807, 2.05) is 43.9 Å². The van der Waals surface area contributed by atoms with Crippen molar-refractivity contribution in [1.29, 1.82) is 0 Å². The van der Waals surface area contributed by atoms with E-state index in [4.69, 9.17) is 0 Å². The van der Waals surface area contributed by atoms with Crippen LogP contribution in [0.25, 0.3) is 10.7 Å². The third kappa shape index (κ3) is 3.22. The van der Waals surface area contributed by atoms with Crippen molar-refractivity contribution in [3.05, 3.63) is 35.0 Å². The summed E-state index contributed by atoms with van der Waals surface area (Å²) in [5.41, 5.74) is 1.79. The zero-order valence-electron chi connectivity index (χ0n) is 12.1. The van der Waals surface area contributed by atoms with Crippen LogP contribution in [0.15, 0.2) is 24.4 Å². The van der Waals surface area contributed by atoms with Crippen LogP contribution in [0.5, 0.6) is 0 Å². The molecule has 0 saturated heterocycles. The summed E-state index contributed by atoms with van der Waals surface area (Å²) in [7, 11) is 0. The fraction of sp³-hybridized carbons (Fsp3) is 0.400. The van der Waals surface area contributed by atoms with Crippen LogP contribution in [0.3, 0.4) is 0 Å². The van der Waals surface area contributed by atoms with E-state index in [0.29, 0.717) is 6.42 Å². The van der Waals surface area contributed by atoms with Gasteiger partial charge in [0.15, 0.2) is 0 Å². The first-order chi connectivity index (χ1) is 9.65. The molecule has 2 rings (SSSR count). The van der Waals surface area contributed by atoms with Gasteiger partial charge in [-0.15, -0.1) is 11.3 Å². The maximum Gasteiger partial charge on any atom is 0.227 e. The van der Waals surface area contributed by atoms with E-state index in [0.717, 1.165) is 34.4 Å². The lowest BCUT2D eigenvalue weighted by Gasteiger charge is -2.18. The molecule has 0 atom stereocenters. The molecule has 0 saturated carbocycles. The van der Waals surface area contributed by atoms with E-state index in [1.54, 1.807) is 17.5 Å². The van der Waals surface area contributed by atoms with Gasteiger partial charge in [-0.2, -0.15) is 0 Å². The fourth-order valence-electron chi connectivity index (χ4n) is 2.02. The molecule has 20 heavy (non-hydrogen) atoms. The summed E-state index contributed by atoms with van der Waals surface area (Å²) in [6, 6.07) is 5.77. The highest BCUT2D eigenvalue weighted by Gasteiger charge is 2.16. The van der Waals surface area contributed by atoms with Crippen LogP contribution in [-0.2, 0) is 11.2 Å². The number of rotatable bonds is 5. The monoisotopic (exact) mass is 289 g/mol. The van der Waals surface area contributed by atoms with E-state index in [1.165, 1.54) is 0 Å². The Hall–Kier alpha value is -1.75. The fourth-order valence-corrected chi connectivity index (χ4v) is 3.05. The Morgan fingerprint density at radius 2 is 2.05 bits per heavy atom. The number of pyridine rings is 1. The number of carbonyl (C=O) groups is 1. The predicted molar refractivity (Wildman–Crippen MR) is 81.7 cm³/mol. The highest BCUT2D eigenvalue weighted by atomic mass is 32.1. The number of amides is 1. The highest BCUT2D eigenvalue weighted by Crippen LogP contribution is 2.26. The van der Waals surface area contributed by atoms with Gasteiger partial charge in [-0.25, -0.2) is 4.98 Å². The number of likely N-dealkylation sites (N-methyl/N-ethyl adjacent to an activating group) is 1. The average Bonchev–Trinajstić information content (AvgIpc) is 2.82. The summed E-state index contributed by atoms with van der Waals surface area (Å²) in [5.74, 6) is 0.161. The number of aryl methyl sites for hydroxylation is 1. The Morgan fingerprint density at radius 1 is 1.30 bits per heavy atom. The number of carbonyl (C=O) groups excluding carboxylic acids is 1. The second-order valence-electron chi connectivity index (χ2n) is 4.49. The molecule has 1 amide bonds. The second-order valence-corrected chi connectivity index (χ2v) is 5.57. The van der Waals surface area contributed by atoms with Crippen LogP contribution in [0.2, 0.25) is 0 Å². The molecule has 0 radical (unpaired) electrons. The van der Waals surface area contributed by atoms with Crippen molar-refractivity contribution in [3.8, 4) is 10.7 Å². The number of hydrogen-bond donors (Lipinski definition) is 0. The van der Waals surface area contributed by atoms with Crippen molar-refractivity contribution in [2.45, 2.75) is 27.2 Å². The molecule has 0 aliphatic heterocycles. The number of hydrogen-bond acceptors (Lipinski definition) is 4. The molecule has 4 nitrogen and oxygen atoms in total. The quantitative estimate of drug-likeness (QED) is 0.850. The van der Waals surface area contributed by atoms with Crippen LogP contribution in [-0.4, -0.2) is 33.9 Å². The normalized spacial score (nSPS) is 10.6. The maximum absolute atomic E-state index is 12.2. The molecule has 0 unspecified atom stereocenters. The molecular formula is C15H19N3OS. The van der Waals surface area contributed by atoms with Gasteiger partial charge in [-0.1, -0.05) is 6.07 Å². The third-order valence-corrected chi connectivity index (χ3v) is 4.38. The smallest absolute Gasteiger partial charge is 0.227 e. The van der Waals surface area contributed by atoms with Gasteiger partial charge in [-0.05, 0) is 32.9 Å². The van der Waals surface area contributed by atoms with Gasteiger partial charge in [0.25, 0.3) is 0 Å². The predicted octanol–water partition coefficient (Wildman–Crippen LogP) is 2.92. The molecule has 5 heteroatoms. The number of thiazole rings is 1. The first-order valence-corrected chi connectivity index (χ1v) is 7.62. The van der Waals surface area contributed by atoms with Crippen LogP contribution in [0, 0.1) is 6.92 Å². The first-order valence-electron chi connectivity index (χ1n) is 6.81. The van der Waals surface area contributed by atoms with Gasteiger partial charge in [-0.3, -0.25) is 9.78 Å². The molecule has 2 aromatic heterocycles. The lowest BCUT2D eigenvalue weighted by atomic mass is 10.2. The van der Waals surface area contributed by atoms with Gasteiger partial charge in [0, 0.05) is 24.2 Å². The van der Waals surface area contributed by atoms with Crippen molar-refractivity contribution < 1.29 is 4.79 Å². The Kier molecular flexibility index (Phi) is 4.84. The number of nitrogens with zero attached hydrogens (tertiary/aromatic N) is 3. The first kappa shape index (κ1) is 14.7. The van der Waals surface area contributed by atoms with E-state index in [2.05, 4.69) is 9.97 Å². The van der Waals surface area contributed by atoms with E-state index in [-0.39, 0.29) is 5.91 Å². The third-order valence-electron chi connectivity index (χ3n) is 3.20. The minimum absolute atomic E-state index is 0.161. The minimum Gasteiger partial charge on any atom is -0.343 e. The van der Waals surface area contributed by atoms with Crippen molar-refractivity contribution in [2.75, 3.05) is 13.1 Å². The lowest BCUT2D eigenvalue weighted by molar-refractivity contribution is -0.130. The molecule has 2 aromatic rings. The van der Waals surface area contributed by atoms with Crippen molar-refractivity contribution in [2.24, 2.45) is 0 Å². The molecular weight excluding hydrogens is 270 g/mol. The van der Waals surface area contributed by atoms with E-state index in [9.17, 15) is 4.79 Å². The van der Waals surface area contributed by atoms with Gasteiger partial charge < -0.3 is 4.90 Å². The number of aromatic nitrogens is 2. The van der Waals surface area contributed by atoms with Crippen LogP contribution >= 0.6 is 11.3 Å². The van der Waals surface area contributed by atoms with Gasteiger partial charge in [0.05, 0.1) is 17.8 Å². The molecule has 0 spiro atoms. The molecule has 0 aliphatic rings. The van der Waals surface area contributed by atoms with E-state index < -0.39 is 0 Å². The van der Waals surface area contributed by atoms with E-state index >= 15 is 0 Å². The highest BCUT2D eigenvalue weighted by molar-refractivity contribution is 7.15. The Labute approximate surface area is 123 Å². The van der Waals surface area contributed by atoms with Crippen LogP contribution in [0.1, 0.15) is 24.4 Å². The topological polar surface area (TPSA) is 46.1 Å². The Balaban J connectivity index is 2.18. The van der Waals surface area contributed by atoms with Gasteiger partial charge >= 0.3 is 0 Å². The van der Waals surface area contributed by atoms with Gasteiger partial charge in [0.1, 0.15) is 5.01 Å². The molecule has 0 bridgehead atoms. The summed E-state index contributed by atoms with van der Waals surface area (Å²) in [6.45, 7) is 7.45. The molecule has 0 N–H and O–H groups in total. The lowest BCUT2D eigenvalue weighted by Crippen LogP contribution is -2.31. The zero-order valence-corrected chi connectivity index (χ0v) is 12.9. The SMILES string of the molecule is CCN(CC)C(=O)Cc1sc(-c2ccccn2)nc1C. The molecule has 0 aromatic carbocycles. The van der Waals surface area contributed by atoms with Crippen molar-refractivity contribution in [3.63, 3.8) is 0 Å². The van der Waals surface area contributed by atoms with Crippen molar-refractivity contribution in [1.82, 2.24) is 14.9 Å². The van der Waals surface area contributed by atoms with Crippen LogP contribution in [0.4, 0.5) is 0 Å². The van der Waals surface area contributed by atoms with Crippen molar-refractivity contribution >= 4 is 17.2 Å². The average molecular weight is 289 g/mol. The van der Waals surface area contributed by atoms with Gasteiger partial charge in [0.2, 0.25) is 5.91 Å². The maximum atomic E-state index is 12.2. The molecule has 0 fully saturated rings. The van der Waals surface area contributed by atoms with Crippen LogP contribution < -0.4 is 0 Å². The zero-order chi connectivity index (χ0) is 14.5. The summed E-state index contributed by atoms with van der Waals surface area (Å²) in [5, 5.41) is 0.880. The summed E-state index contributed by atoms with van der Waals surface area (Å²) < 4.78 is 0. The molecule has 2 heterocycles. The Bertz CT molecular complexity index is 576. The molecule has 106 valence electrons. The summed E-state index contributed by atoms with van der Waals surface area (Å²) in [6.07, 6.45) is 2.19. The second kappa shape index (κ2) is 6.61.